The molecular formula is C30H24ClF3N6O3. The van der Waals surface area contributed by atoms with Crippen molar-refractivity contribution < 1.29 is 27.8 Å². The minimum absolute atomic E-state index is 0.0633. The summed E-state index contributed by atoms with van der Waals surface area (Å²) in [6, 6.07) is 7.53. The van der Waals surface area contributed by atoms with Crippen molar-refractivity contribution in [2.45, 2.75) is 37.9 Å². The van der Waals surface area contributed by atoms with E-state index in [2.05, 4.69) is 19.9 Å². The number of imidazole rings is 1. The van der Waals surface area contributed by atoms with Gasteiger partial charge in [0.05, 0.1) is 46.2 Å². The van der Waals surface area contributed by atoms with Crippen molar-refractivity contribution in [1.82, 2.24) is 29.4 Å². The Bertz CT molecular complexity index is 1990. The average Bonchev–Trinajstić information content (AvgIpc) is 3.46. The van der Waals surface area contributed by atoms with Crippen molar-refractivity contribution in [3.63, 3.8) is 0 Å². The summed E-state index contributed by atoms with van der Waals surface area (Å²) < 4.78 is 52.8. The first kappa shape index (κ1) is 27.5. The number of hydrogen-bond donors (Lipinski definition) is 1. The van der Waals surface area contributed by atoms with Gasteiger partial charge in [-0.2, -0.15) is 4.98 Å². The quantitative estimate of drug-likeness (QED) is 0.284. The largest absolute Gasteiger partial charge is 0.424 e. The lowest BCUT2D eigenvalue weighted by atomic mass is 9.99. The van der Waals surface area contributed by atoms with E-state index in [4.69, 9.17) is 16.3 Å². The number of hydrogen-bond acceptors (Lipinski definition) is 7. The number of amides is 1. The molecule has 0 radical (unpaired) electrons. The minimum Gasteiger partial charge on any atom is -0.424 e. The standard InChI is InChI=1S/C30H24ClF3N6O3/c1-15-23(33)10-36-28(37-15)43-17-3-4-18(21(31)7-17)19-8-20-24(9-22(19)32)35-11-25-27(20)40(16(2)38-25)30-5-6-39(26(42)12-41)14-29(30,34)13-30/h3-4,7-11,41H,5-6,12-14H2,1-2H3/t29-,30?/m1/s1. The van der Waals surface area contributed by atoms with Gasteiger partial charge in [0.2, 0.25) is 5.91 Å². The number of rotatable bonds is 5. The zero-order chi connectivity index (χ0) is 30.3. The summed E-state index contributed by atoms with van der Waals surface area (Å²) in [6.45, 7) is 2.77. The Morgan fingerprint density at radius 3 is 2.60 bits per heavy atom. The highest BCUT2D eigenvalue weighted by Crippen LogP contribution is 2.63. The molecule has 0 bridgehead atoms. The third-order valence-corrected chi connectivity index (χ3v) is 8.82. The van der Waals surface area contributed by atoms with Gasteiger partial charge in [0.15, 0.2) is 11.5 Å². The van der Waals surface area contributed by atoms with Crippen LogP contribution in [0.2, 0.25) is 5.02 Å². The van der Waals surface area contributed by atoms with Gasteiger partial charge in [0.1, 0.15) is 29.5 Å². The first-order valence-electron chi connectivity index (χ1n) is 13.6. The van der Waals surface area contributed by atoms with Crippen molar-refractivity contribution in [3.8, 4) is 22.9 Å². The molecule has 1 aliphatic carbocycles. The highest BCUT2D eigenvalue weighted by Gasteiger charge is 2.73. The third-order valence-electron chi connectivity index (χ3n) is 8.51. The molecule has 2 aromatic carbocycles. The number of aryl methyl sites for hydroxylation is 2. The molecule has 4 heterocycles. The van der Waals surface area contributed by atoms with Crippen LogP contribution >= 0.6 is 11.6 Å². The SMILES string of the molecule is Cc1nc(Oc2ccc(-c3cc4c(cc3F)ncc3nc(C)n(C56CCN(C(=O)CO)C[C@]5(F)C6)c34)c(Cl)c2)ncc1F. The Balaban J connectivity index is 1.31. The van der Waals surface area contributed by atoms with Crippen molar-refractivity contribution >= 4 is 39.4 Å². The van der Waals surface area contributed by atoms with E-state index >= 15 is 8.78 Å². The zero-order valence-electron chi connectivity index (χ0n) is 23.0. The van der Waals surface area contributed by atoms with E-state index in [0.717, 1.165) is 6.20 Å². The Kier molecular flexibility index (Phi) is 6.16. The summed E-state index contributed by atoms with van der Waals surface area (Å²) >= 11 is 6.60. The van der Waals surface area contributed by atoms with Gasteiger partial charge in [-0.3, -0.25) is 9.78 Å². The van der Waals surface area contributed by atoms with Gasteiger partial charge >= 0.3 is 6.01 Å². The monoisotopic (exact) mass is 608 g/mol. The number of alkyl halides is 1. The van der Waals surface area contributed by atoms with Crippen LogP contribution in [0.3, 0.4) is 0 Å². The maximum Gasteiger partial charge on any atom is 0.322 e. The van der Waals surface area contributed by atoms with Crippen LogP contribution in [0.25, 0.3) is 33.1 Å². The Labute approximate surface area is 247 Å². The highest BCUT2D eigenvalue weighted by atomic mass is 35.5. The lowest BCUT2D eigenvalue weighted by Gasteiger charge is -2.35. The fourth-order valence-electron chi connectivity index (χ4n) is 6.33. The van der Waals surface area contributed by atoms with Crippen LogP contribution in [0.1, 0.15) is 24.4 Å². The van der Waals surface area contributed by atoms with E-state index in [9.17, 15) is 14.3 Å². The Morgan fingerprint density at radius 1 is 1.07 bits per heavy atom. The zero-order valence-corrected chi connectivity index (χ0v) is 23.8. The van der Waals surface area contributed by atoms with E-state index in [1.807, 2.05) is 4.57 Å². The van der Waals surface area contributed by atoms with E-state index in [1.165, 1.54) is 24.0 Å². The molecule has 1 saturated carbocycles. The fraction of sp³-hybridized carbons (Fsp3) is 0.300. The molecule has 3 aromatic heterocycles. The molecule has 7 rings (SSSR count). The van der Waals surface area contributed by atoms with Crippen molar-refractivity contribution in [1.29, 1.82) is 0 Å². The first-order chi connectivity index (χ1) is 20.5. The molecule has 0 spiro atoms. The maximum atomic E-state index is 16.3. The van der Waals surface area contributed by atoms with Gasteiger partial charge in [0.25, 0.3) is 0 Å². The number of nitrogens with zero attached hydrogens (tertiary/aromatic N) is 6. The van der Waals surface area contributed by atoms with Gasteiger partial charge in [-0.25, -0.2) is 23.1 Å². The number of carbonyl (C=O) groups is 1. The average molecular weight is 609 g/mol. The number of halogens is 4. The number of ether oxygens (including phenoxy) is 1. The number of aliphatic hydroxyl groups excluding tert-OH is 1. The maximum absolute atomic E-state index is 16.3. The van der Waals surface area contributed by atoms with E-state index < -0.39 is 35.4 Å². The van der Waals surface area contributed by atoms with Crippen LogP contribution in [-0.4, -0.2) is 65.8 Å². The molecule has 220 valence electrons. The predicted molar refractivity (Wildman–Crippen MR) is 152 cm³/mol. The van der Waals surface area contributed by atoms with Gasteiger partial charge in [-0.1, -0.05) is 11.6 Å². The highest BCUT2D eigenvalue weighted by molar-refractivity contribution is 6.33. The second-order valence-electron chi connectivity index (χ2n) is 11.1. The van der Waals surface area contributed by atoms with E-state index in [0.29, 0.717) is 46.3 Å². The van der Waals surface area contributed by atoms with Crippen LogP contribution in [0.5, 0.6) is 11.8 Å². The topological polar surface area (TPSA) is 106 Å². The summed E-state index contributed by atoms with van der Waals surface area (Å²) in [5.74, 6) is -0.775. The molecule has 43 heavy (non-hydrogen) atoms. The number of fused-ring (bicyclic) bond motifs is 4. The summed E-state index contributed by atoms with van der Waals surface area (Å²) in [5.41, 5.74) is -0.415. The summed E-state index contributed by atoms with van der Waals surface area (Å²) in [5, 5.41) is 10.0. The Hall–Kier alpha value is -4.29. The van der Waals surface area contributed by atoms with E-state index in [1.54, 1.807) is 31.3 Å². The normalized spacial score (nSPS) is 21.3. The number of benzene rings is 2. The molecule has 2 atom stereocenters. The summed E-state index contributed by atoms with van der Waals surface area (Å²) in [6.07, 6.45) is 3.07. The summed E-state index contributed by atoms with van der Waals surface area (Å²) in [4.78, 5) is 30.3. The molecule has 2 aliphatic rings. The molecular weight excluding hydrogens is 585 g/mol. The molecule has 1 aliphatic heterocycles. The smallest absolute Gasteiger partial charge is 0.322 e. The van der Waals surface area contributed by atoms with Gasteiger partial charge in [0, 0.05) is 41.6 Å². The molecule has 1 amide bonds. The molecule has 5 aromatic rings. The second-order valence-corrected chi connectivity index (χ2v) is 11.5. The lowest BCUT2D eigenvalue weighted by Crippen LogP contribution is -2.49. The van der Waals surface area contributed by atoms with Crippen LogP contribution in [0.4, 0.5) is 13.2 Å². The van der Waals surface area contributed by atoms with Gasteiger partial charge in [-0.05, 0) is 38.5 Å². The lowest BCUT2D eigenvalue weighted by molar-refractivity contribution is -0.137. The van der Waals surface area contributed by atoms with E-state index in [-0.39, 0.29) is 41.0 Å². The number of aliphatic hydroxyl groups is 1. The van der Waals surface area contributed by atoms with Crippen LogP contribution in [-0.2, 0) is 10.3 Å². The molecule has 9 nitrogen and oxygen atoms in total. The molecule has 2 fully saturated rings. The van der Waals surface area contributed by atoms with Crippen molar-refractivity contribution in [2.75, 3.05) is 19.7 Å². The number of piperidine rings is 1. The number of likely N-dealkylation sites (tertiary alicyclic amines) is 1. The first-order valence-corrected chi connectivity index (χ1v) is 13.9. The Morgan fingerprint density at radius 2 is 1.88 bits per heavy atom. The van der Waals surface area contributed by atoms with Crippen molar-refractivity contribution in [3.05, 3.63) is 70.9 Å². The molecule has 13 heteroatoms. The molecule has 1 N–H and O–H groups in total. The minimum atomic E-state index is -1.70. The van der Waals surface area contributed by atoms with Crippen LogP contribution in [0.15, 0.2) is 42.7 Å². The molecule has 1 unspecified atom stereocenters. The third kappa shape index (κ3) is 4.22. The van der Waals surface area contributed by atoms with Gasteiger partial charge in [-0.15, -0.1) is 0 Å². The molecule has 1 saturated heterocycles. The number of aromatic nitrogens is 5. The number of carbonyl (C=O) groups excluding carboxylic acids is 1. The predicted octanol–water partition coefficient (Wildman–Crippen LogP) is 5.41. The van der Waals surface area contributed by atoms with Crippen LogP contribution in [0, 0.1) is 25.5 Å². The van der Waals surface area contributed by atoms with Gasteiger partial charge < -0.3 is 19.3 Å². The summed E-state index contributed by atoms with van der Waals surface area (Å²) in [7, 11) is 0. The van der Waals surface area contributed by atoms with Crippen molar-refractivity contribution in [2.24, 2.45) is 0 Å². The fourth-order valence-corrected chi connectivity index (χ4v) is 6.60. The number of pyridine rings is 1. The van der Waals surface area contributed by atoms with Crippen LogP contribution < -0.4 is 4.74 Å². The second kappa shape index (κ2) is 9.61.